The number of imidazole rings is 1. The Morgan fingerprint density at radius 3 is 2.96 bits per heavy atom. The maximum atomic E-state index is 12.5. The van der Waals surface area contributed by atoms with Crippen LogP contribution in [0.5, 0.6) is 0 Å². The predicted molar refractivity (Wildman–Crippen MR) is 93.1 cm³/mol. The van der Waals surface area contributed by atoms with Crippen molar-refractivity contribution in [3.8, 4) is 11.1 Å². The molecule has 0 unspecified atom stereocenters. The van der Waals surface area contributed by atoms with Crippen LogP contribution in [0.1, 0.15) is 10.4 Å². The van der Waals surface area contributed by atoms with Gasteiger partial charge in [-0.3, -0.25) is 9.89 Å². The predicted octanol–water partition coefficient (Wildman–Crippen LogP) is 3.86. The van der Waals surface area contributed by atoms with Crippen LogP contribution in [0.2, 0.25) is 5.02 Å². The number of H-pyrrole nitrogens is 2. The lowest BCUT2D eigenvalue weighted by Gasteiger charge is -2.06. The number of carbonyl (C=O) groups excluding carboxylic acids is 1. The lowest BCUT2D eigenvalue weighted by molar-refractivity contribution is 0.102. The second-order valence-electron chi connectivity index (χ2n) is 5.26. The highest BCUT2D eigenvalue weighted by atomic mass is 35.5. The number of nitrogens with one attached hydrogen (secondary N) is 3. The Morgan fingerprint density at radius 1 is 1.17 bits per heavy atom. The Hall–Kier alpha value is -3.12. The summed E-state index contributed by atoms with van der Waals surface area (Å²) in [5.74, 6) is 0.283. The number of aromatic amines is 2. The molecule has 0 aliphatic rings. The highest BCUT2D eigenvalue weighted by Crippen LogP contribution is 2.28. The molecule has 3 N–H and O–H groups in total. The van der Waals surface area contributed by atoms with Gasteiger partial charge in [0.05, 0.1) is 23.6 Å². The lowest BCUT2D eigenvalue weighted by Crippen LogP contribution is -2.12. The summed E-state index contributed by atoms with van der Waals surface area (Å²) in [6.45, 7) is 0. The van der Waals surface area contributed by atoms with E-state index in [0.29, 0.717) is 16.4 Å². The molecule has 0 radical (unpaired) electrons. The van der Waals surface area contributed by atoms with E-state index in [1.54, 1.807) is 36.8 Å². The van der Waals surface area contributed by atoms with E-state index in [1.807, 2.05) is 18.2 Å². The Labute approximate surface area is 141 Å². The van der Waals surface area contributed by atoms with E-state index in [1.165, 1.54) is 0 Å². The normalized spacial score (nSPS) is 10.9. The summed E-state index contributed by atoms with van der Waals surface area (Å²) in [5, 5.41) is 10.3. The standard InChI is InChI=1S/C17H12ClN5O/c18-12-3-1-2-10(6-12)13-8-21-23-16(13)22-17(24)11-4-5-14-15(7-11)20-9-19-14/h1-9H,(H,19,20)(H2,21,22,23,24). The zero-order valence-electron chi connectivity index (χ0n) is 12.4. The van der Waals surface area contributed by atoms with E-state index in [4.69, 9.17) is 11.6 Å². The van der Waals surface area contributed by atoms with Gasteiger partial charge >= 0.3 is 0 Å². The molecule has 24 heavy (non-hydrogen) atoms. The zero-order chi connectivity index (χ0) is 16.5. The fourth-order valence-electron chi connectivity index (χ4n) is 2.52. The smallest absolute Gasteiger partial charge is 0.256 e. The summed E-state index contributed by atoms with van der Waals surface area (Å²) >= 11 is 6.03. The van der Waals surface area contributed by atoms with Gasteiger partial charge < -0.3 is 10.3 Å². The topological polar surface area (TPSA) is 86.5 Å². The molecule has 0 bridgehead atoms. The minimum absolute atomic E-state index is 0.237. The quantitative estimate of drug-likeness (QED) is 0.530. The fourth-order valence-corrected chi connectivity index (χ4v) is 2.71. The van der Waals surface area contributed by atoms with Gasteiger partial charge in [0.2, 0.25) is 0 Å². The monoisotopic (exact) mass is 337 g/mol. The van der Waals surface area contributed by atoms with Crippen molar-refractivity contribution in [3.63, 3.8) is 0 Å². The molecule has 6 nitrogen and oxygen atoms in total. The minimum atomic E-state index is -0.237. The second kappa shape index (κ2) is 5.82. The van der Waals surface area contributed by atoms with Crippen LogP contribution in [-0.4, -0.2) is 26.1 Å². The molecular formula is C17H12ClN5O. The van der Waals surface area contributed by atoms with Crippen LogP contribution >= 0.6 is 11.6 Å². The number of carbonyl (C=O) groups is 1. The van der Waals surface area contributed by atoms with Gasteiger partial charge in [0, 0.05) is 16.1 Å². The van der Waals surface area contributed by atoms with Gasteiger partial charge in [0.25, 0.3) is 5.91 Å². The lowest BCUT2D eigenvalue weighted by atomic mass is 10.1. The number of nitrogens with zero attached hydrogens (tertiary/aromatic N) is 2. The van der Waals surface area contributed by atoms with Crippen molar-refractivity contribution in [2.24, 2.45) is 0 Å². The van der Waals surface area contributed by atoms with E-state index >= 15 is 0 Å². The molecule has 0 fully saturated rings. The van der Waals surface area contributed by atoms with Gasteiger partial charge in [-0.1, -0.05) is 23.7 Å². The number of rotatable bonds is 3. The van der Waals surface area contributed by atoms with Crippen molar-refractivity contribution < 1.29 is 4.79 Å². The first kappa shape index (κ1) is 14.5. The number of aromatic nitrogens is 4. The Bertz CT molecular complexity index is 1040. The molecule has 2 aromatic heterocycles. The molecule has 4 aromatic rings. The number of amides is 1. The van der Waals surface area contributed by atoms with Crippen LogP contribution < -0.4 is 5.32 Å². The Morgan fingerprint density at radius 2 is 2.08 bits per heavy atom. The van der Waals surface area contributed by atoms with Crippen molar-refractivity contribution in [1.29, 1.82) is 0 Å². The third kappa shape index (κ3) is 2.63. The molecule has 0 aliphatic heterocycles. The van der Waals surface area contributed by atoms with Crippen molar-refractivity contribution in [1.82, 2.24) is 20.2 Å². The first-order valence-electron chi connectivity index (χ1n) is 7.24. The first-order chi connectivity index (χ1) is 11.7. The molecule has 1 amide bonds. The number of fused-ring (bicyclic) bond motifs is 1. The van der Waals surface area contributed by atoms with Crippen molar-refractivity contribution >= 4 is 34.4 Å². The van der Waals surface area contributed by atoms with Crippen molar-refractivity contribution in [3.05, 3.63) is 65.6 Å². The highest BCUT2D eigenvalue weighted by molar-refractivity contribution is 6.30. The van der Waals surface area contributed by atoms with E-state index in [9.17, 15) is 4.79 Å². The molecule has 0 aliphatic carbocycles. The van der Waals surface area contributed by atoms with Gasteiger partial charge in [0.1, 0.15) is 5.82 Å². The summed E-state index contributed by atoms with van der Waals surface area (Å²) in [5.41, 5.74) is 3.79. The van der Waals surface area contributed by atoms with Gasteiger partial charge in [-0.15, -0.1) is 0 Å². The third-order valence-corrected chi connectivity index (χ3v) is 3.93. The van der Waals surface area contributed by atoms with Crippen molar-refractivity contribution in [2.75, 3.05) is 5.32 Å². The number of hydrogen-bond donors (Lipinski definition) is 3. The molecule has 4 rings (SSSR count). The van der Waals surface area contributed by atoms with Crippen LogP contribution in [0.4, 0.5) is 5.82 Å². The van der Waals surface area contributed by atoms with Crippen LogP contribution in [0, 0.1) is 0 Å². The SMILES string of the molecule is O=C(Nc1[nH]ncc1-c1cccc(Cl)c1)c1ccc2nc[nH]c2c1. The molecule has 118 valence electrons. The number of halogens is 1. The summed E-state index contributed by atoms with van der Waals surface area (Å²) in [6, 6.07) is 12.7. The third-order valence-electron chi connectivity index (χ3n) is 3.70. The second-order valence-corrected chi connectivity index (χ2v) is 5.69. The molecule has 0 atom stereocenters. The number of benzene rings is 2. The highest BCUT2D eigenvalue weighted by Gasteiger charge is 2.13. The van der Waals surface area contributed by atoms with Crippen LogP contribution in [0.3, 0.4) is 0 Å². The van der Waals surface area contributed by atoms with E-state index in [2.05, 4.69) is 25.5 Å². The summed E-state index contributed by atoms with van der Waals surface area (Å²) in [4.78, 5) is 19.6. The maximum absolute atomic E-state index is 12.5. The fraction of sp³-hybridized carbons (Fsp3) is 0. The molecule has 0 saturated heterocycles. The zero-order valence-corrected chi connectivity index (χ0v) is 13.1. The average molecular weight is 338 g/mol. The summed E-state index contributed by atoms with van der Waals surface area (Å²) in [6.07, 6.45) is 3.25. The van der Waals surface area contributed by atoms with Crippen LogP contribution in [0.15, 0.2) is 55.0 Å². The van der Waals surface area contributed by atoms with Crippen LogP contribution in [-0.2, 0) is 0 Å². The van der Waals surface area contributed by atoms with Gasteiger partial charge in [0.15, 0.2) is 0 Å². The van der Waals surface area contributed by atoms with E-state index < -0.39 is 0 Å². The molecule has 0 saturated carbocycles. The Balaban J connectivity index is 1.63. The van der Waals surface area contributed by atoms with Gasteiger partial charge in [-0.05, 0) is 35.9 Å². The first-order valence-corrected chi connectivity index (χ1v) is 7.62. The van der Waals surface area contributed by atoms with E-state index in [-0.39, 0.29) is 5.91 Å². The van der Waals surface area contributed by atoms with Crippen molar-refractivity contribution in [2.45, 2.75) is 0 Å². The van der Waals surface area contributed by atoms with Gasteiger partial charge in [-0.2, -0.15) is 5.10 Å². The summed E-state index contributed by atoms with van der Waals surface area (Å²) in [7, 11) is 0. The Kier molecular flexibility index (Phi) is 3.51. The number of hydrogen-bond acceptors (Lipinski definition) is 3. The molecule has 2 aromatic carbocycles. The number of anilines is 1. The van der Waals surface area contributed by atoms with E-state index in [0.717, 1.165) is 22.2 Å². The summed E-state index contributed by atoms with van der Waals surface area (Å²) < 4.78 is 0. The average Bonchev–Trinajstić information content (AvgIpc) is 3.22. The van der Waals surface area contributed by atoms with Gasteiger partial charge in [-0.25, -0.2) is 4.98 Å². The molecular weight excluding hydrogens is 326 g/mol. The maximum Gasteiger partial charge on any atom is 0.256 e. The minimum Gasteiger partial charge on any atom is -0.345 e. The largest absolute Gasteiger partial charge is 0.345 e. The molecule has 0 spiro atoms. The van der Waals surface area contributed by atoms with Crippen LogP contribution in [0.25, 0.3) is 22.2 Å². The molecule has 2 heterocycles. The molecule has 7 heteroatoms.